The van der Waals surface area contributed by atoms with Crippen LogP contribution in [0.15, 0.2) is 72.9 Å². The standard InChI is InChI=1S/C21H16N4S.CO2/c1-14-5-4-7-16(11-14)23-20-9-10-21-22-13-17(25(21)24-20)19-12-15-6-2-3-8-18(15)26-19;2-1-3/h2-13H,1H3,(H,23,24);. The number of hydrogen-bond donors (Lipinski definition) is 1. The fourth-order valence-electron chi connectivity index (χ4n) is 3.09. The molecule has 3 aromatic heterocycles. The monoisotopic (exact) mass is 400 g/mol. The average molecular weight is 400 g/mol. The summed E-state index contributed by atoms with van der Waals surface area (Å²) in [7, 11) is 0. The summed E-state index contributed by atoms with van der Waals surface area (Å²) < 4.78 is 3.18. The first-order chi connectivity index (χ1) is 14.2. The van der Waals surface area contributed by atoms with E-state index in [-0.39, 0.29) is 6.15 Å². The van der Waals surface area contributed by atoms with Gasteiger partial charge in [-0.05, 0) is 54.3 Å². The number of hydrogen-bond acceptors (Lipinski definition) is 6. The summed E-state index contributed by atoms with van der Waals surface area (Å²) in [5, 5.41) is 9.38. The van der Waals surface area contributed by atoms with Gasteiger partial charge in [-0.3, -0.25) is 0 Å². The number of aromatic nitrogens is 3. The molecule has 5 aromatic rings. The molecule has 7 heteroatoms. The van der Waals surface area contributed by atoms with E-state index in [1.54, 1.807) is 11.3 Å². The lowest BCUT2D eigenvalue weighted by atomic mass is 10.2. The van der Waals surface area contributed by atoms with Gasteiger partial charge in [-0.15, -0.1) is 16.4 Å². The second kappa shape index (κ2) is 8.06. The highest BCUT2D eigenvalue weighted by atomic mass is 32.1. The summed E-state index contributed by atoms with van der Waals surface area (Å²) in [5.74, 6) is 0.795. The third-order valence-corrected chi connectivity index (χ3v) is 5.47. The Morgan fingerprint density at radius 3 is 2.62 bits per heavy atom. The third kappa shape index (κ3) is 3.91. The van der Waals surface area contributed by atoms with Crippen LogP contribution >= 0.6 is 11.3 Å². The Morgan fingerprint density at radius 1 is 1.00 bits per heavy atom. The molecule has 0 saturated heterocycles. The molecule has 1 N–H and O–H groups in total. The molecular formula is C22H16N4O2S. The number of fused-ring (bicyclic) bond motifs is 2. The molecule has 0 bridgehead atoms. The van der Waals surface area contributed by atoms with Crippen LogP contribution in [0.3, 0.4) is 0 Å². The van der Waals surface area contributed by atoms with Crippen molar-refractivity contribution in [2.45, 2.75) is 6.92 Å². The summed E-state index contributed by atoms with van der Waals surface area (Å²) in [4.78, 5) is 21.9. The van der Waals surface area contributed by atoms with E-state index in [0.717, 1.165) is 22.8 Å². The van der Waals surface area contributed by atoms with E-state index >= 15 is 0 Å². The van der Waals surface area contributed by atoms with Crippen LogP contribution in [0.1, 0.15) is 5.56 Å². The van der Waals surface area contributed by atoms with Crippen LogP contribution in [0.5, 0.6) is 0 Å². The minimum absolute atomic E-state index is 0.250. The number of nitrogens with zero attached hydrogens (tertiary/aromatic N) is 3. The molecule has 0 radical (unpaired) electrons. The first-order valence-electron chi connectivity index (χ1n) is 8.84. The maximum atomic E-state index is 8.12. The van der Waals surface area contributed by atoms with Gasteiger partial charge in [0.25, 0.3) is 0 Å². The van der Waals surface area contributed by atoms with Crippen LogP contribution < -0.4 is 5.32 Å². The highest BCUT2D eigenvalue weighted by Gasteiger charge is 2.11. The van der Waals surface area contributed by atoms with Crippen molar-refractivity contribution >= 4 is 44.7 Å². The van der Waals surface area contributed by atoms with Crippen LogP contribution in [0.2, 0.25) is 0 Å². The molecule has 0 fully saturated rings. The van der Waals surface area contributed by atoms with Crippen molar-refractivity contribution in [2.24, 2.45) is 0 Å². The quantitative estimate of drug-likeness (QED) is 0.457. The zero-order valence-corrected chi connectivity index (χ0v) is 16.3. The van der Waals surface area contributed by atoms with Crippen molar-refractivity contribution in [3.63, 3.8) is 0 Å². The smallest absolute Gasteiger partial charge is 0.339 e. The first kappa shape index (κ1) is 18.6. The SMILES string of the molecule is Cc1cccc(Nc2ccc3ncc(-c4cc5ccccc5s4)n3n2)c1.O=C=O. The molecule has 0 atom stereocenters. The largest absolute Gasteiger partial charge is 0.373 e. The van der Waals surface area contributed by atoms with Gasteiger partial charge in [-0.2, -0.15) is 9.59 Å². The van der Waals surface area contributed by atoms with E-state index in [0.29, 0.717) is 0 Å². The number of rotatable bonds is 3. The van der Waals surface area contributed by atoms with E-state index in [1.165, 1.54) is 20.5 Å². The Morgan fingerprint density at radius 2 is 1.83 bits per heavy atom. The third-order valence-electron chi connectivity index (χ3n) is 4.33. The van der Waals surface area contributed by atoms with Gasteiger partial charge in [0.1, 0.15) is 5.69 Å². The van der Waals surface area contributed by atoms with E-state index in [1.807, 2.05) is 35.0 Å². The number of benzene rings is 2. The Hall–Kier alpha value is -3.80. The number of thiophene rings is 1. The Labute approximate surface area is 170 Å². The molecule has 29 heavy (non-hydrogen) atoms. The molecule has 2 aromatic carbocycles. The van der Waals surface area contributed by atoms with Gasteiger partial charge in [0.15, 0.2) is 11.5 Å². The van der Waals surface area contributed by atoms with Crippen LogP contribution in [-0.2, 0) is 9.59 Å². The van der Waals surface area contributed by atoms with Gasteiger partial charge in [0.2, 0.25) is 0 Å². The van der Waals surface area contributed by atoms with Gasteiger partial charge < -0.3 is 5.32 Å². The number of aryl methyl sites for hydroxylation is 1. The summed E-state index contributed by atoms with van der Waals surface area (Å²) in [6.45, 7) is 2.08. The van der Waals surface area contributed by atoms with Gasteiger partial charge in [-0.1, -0.05) is 30.3 Å². The maximum Gasteiger partial charge on any atom is 0.373 e. The van der Waals surface area contributed by atoms with Crippen molar-refractivity contribution in [1.29, 1.82) is 0 Å². The summed E-state index contributed by atoms with van der Waals surface area (Å²) >= 11 is 1.76. The predicted molar refractivity (Wildman–Crippen MR) is 113 cm³/mol. The van der Waals surface area contributed by atoms with Crippen LogP contribution in [0, 0.1) is 6.92 Å². The second-order valence-electron chi connectivity index (χ2n) is 6.36. The van der Waals surface area contributed by atoms with E-state index in [2.05, 4.69) is 59.7 Å². The maximum absolute atomic E-state index is 8.12. The fourth-order valence-corrected chi connectivity index (χ4v) is 4.14. The van der Waals surface area contributed by atoms with Gasteiger partial charge in [-0.25, -0.2) is 9.50 Å². The molecule has 0 spiro atoms. The average Bonchev–Trinajstić information content (AvgIpc) is 3.32. The number of carbonyl (C=O) groups excluding carboxylic acids is 2. The molecule has 0 aliphatic carbocycles. The Balaban J connectivity index is 0.000000645. The first-order valence-corrected chi connectivity index (χ1v) is 9.66. The molecule has 0 unspecified atom stereocenters. The lowest BCUT2D eigenvalue weighted by Gasteiger charge is -2.07. The predicted octanol–water partition coefficient (Wildman–Crippen LogP) is 5.08. The summed E-state index contributed by atoms with van der Waals surface area (Å²) in [6.07, 6.45) is 2.14. The molecule has 142 valence electrons. The molecule has 0 saturated carbocycles. The van der Waals surface area contributed by atoms with Crippen molar-refractivity contribution < 1.29 is 9.59 Å². The fraction of sp³-hybridized carbons (Fsp3) is 0.0455. The van der Waals surface area contributed by atoms with E-state index in [9.17, 15) is 0 Å². The highest BCUT2D eigenvalue weighted by molar-refractivity contribution is 7.22. The van der Waals surface area contributed by atoms with Crippen molar-refractivity contribution in [3.05, 3.63) is 78.5 Å². The molecular weight excluding hydrogens is 384 g/mol. The van der Waals surface area contributed by atoms with E-state index < -0.39 is 0 Å². The van der Waals surface area contributed by atoms with Crippen molar-refractivity contribution in [1.82, 2.24) is 14.6 Å². The Kier molecular flexibility index (Phi) is 5.16. The number of anilines is 2. The molecule has 3 heterocycles. The highest BCUT2D eigenvalue weighted by Crippen LogP contribution is 2.33. The number of imidazole rings is 1. The topological polar surface area (TPSA) is 76.4 Å². The van der Waals surface area contributed by atoms with Crippen molar-refractivity contribution in [2.75, 3.05) is 5.32 Å². The minimum atomic E-state index is 0.250. The Bertz CT molecular complexity index is 1300. The van der Waals surface area contributed by atoms with Crippen molar-refractivity contribution in [3.8, 4) is 10.6 Å². The second-order valence-corrected chi connectivity index (χ2v) is 7.44. The summed E-state index contributed by atoms with van der Waals surface area (Å²) in [5.41, 5.74) is 4.09. The molecule has 0 aliphatic heterocycles. The molecule has 0 amide bonds. The summed E-state index contributed by atoms with van der Waals surface area (Å²) in [6, 6.07) is 22.8. The lowest BCUT2D eigenvalue weighted by molar-refractivity contribution is -0.191. The lowest BCUT2D eigenvalue weighted by Crippen LogP contribution is -2.00. The zero-order valence-electron chi connectivity index (χ0n) is 15.5. The van der Waals surface area contributed by atoms with Gasteiger partial charge >= 0.3 is 6.15 Å². The van der Waals surface area contributed by atoms with Crippen LogP contribution in [0.25, 0.3) is 26.3 Å². The van der Waals surface area contributed by atoms with Gasteiger partial charge in [0, 0.05) is 10.4 Å². The van der Waals surface area contributed by atoms with Crippen LogP contribution in [-0.4, -0.2) is 20.7 Å². The van der Waals surface area contributed by atoms with Gasteiger partial charge in [0.05, 0.1) is 11.1 Å². The van der Waals surface area contributed by atoms with Crippen LogP contribution in [0.4, 0.5) is 11.5 Å². The zero-order chi connectivity index (χ0) is 20.2. The number of nitrogens with one attached hydrogen (secondary N) is 1. The normalized spacial score (nSPS) is 10.4. The molecule has 6 nitrogen and oxygen atoms in total. The molecule has 0 aliphatic rings. The van der Waals surface area contributed by atoms with E-state index in [4.69, 9.17) is 14.7 Å². The minimum Gasteiger partial charge on any atom is -0.339 e. The molecule has 5 rings (SSSR count).